The van der Waals surface area contributed by atoms with E-state index in [-0.39, 0.29) is 0 Å². The average molecular weight is 189 g/mol. The molecular weight excluding hydrogens is 178 g/mol. The molecule has 2 N–H and O–H groups in total. The fourth-order valence-electron chi connectivity index (χ4n) is 0.617. The molecule has 0 fully saturated rings. The van der Waals surface area contributed by atoms with Crippen molar-refractivity contribution in [1.29, 1.82) is 0 Å². The minimum absolute atomic E-state index is 0.304. The van der Waals surface area contributed by atoms with Gasteiger partial charge in [0.2, 0.25) is 5.91 Å². The zero-order valence-electron chi connectivity index (χ0n) is 6.49. The lowest BCUT2D eigenvalue weighted by Gasteiger charge is -2.10. The Morgan fingerprint density at radius 2 is 2.25 bits per heavy atom. The van der Waals surface area contributed by atoms with E-state index in [0.29, 0.717) is 12.2 Å². The Bertz CT molecular complexity index is 193. The second-order valence-corrected chi connectivity index (χ2v) is 2.56. The Hall–Kier alpha value is -0.970. The fraction of sp³-hybridized carbons (Fsp3) is 0.429. The molecule has 0 saturated carbocycles. The lowest BCUT2D eigenvalue weighted by atomic mass is 10.2. The molecule has 68 valence electrons. The summed E-state index contributed by atoms with van der Waals surface area (Å²) in [5.41, 5.74) is 0. The summed E-state index contributed by atoms with van der Waals surface area (Å²) in [6.45, 7) is 3.21. The molecule has 0 aromatic carbocycles. The summed E-state index contributed by atoms with van der Waals surface area (Å²) < 4.78 is 0. The number of carbonyl (C=O) groups excluding carboxylic acids is 1. The molecule has 0 radical (unpaired) electrons. The number of hydrogen-bond donors (Lipinski definition) is 3. The quantitative estimate of drug-likeness (QED) is 0.423. The van der Waals surface area contributed by atoms with Crippen LogP contribution in [0.15, 0.2) is 12.7 Å². The van der Waals surface area contributed by atoms with Crippen LogP contribution >= 0.6 is 12.6 Å². The van der Waals surface area contributed by atoms with Crippen molar-refractivity contribution < 1.29 is 14.7 Å². The first-order valence-corrected chi connectivity index (χ1v) is 4.01. The van der Waals surface area contributed by atoms with Gasteiger partial charge < -0.3 is 10.4 Å². The molecular formula is C7H11NO3S. The third kappa shape index (κ3) is 4.02. The van der Waals surface area contributed by atoms with E-state index in [1.165, 1.54) is 0 Å². The molecule has 0 spiro atoms. The highest BCUT2D eigenvalue weighted by atomic mass is 32.1. The molecule has 12 heavy (non-hydrogen) atoms. The monoisotopic (exact) mass is 189 g/mol. The van der Waals surface area contributed by atoms with Gasteiger partial charge in [0.15, 0.2) is 0 Å². The molecule has 4 nitrogen and oxygen atoms in total. The van der Waals surface area contributed by atoms with Gasteiger partial charge in [-0.2, -0.15) is 12.6 Å². The van der Waals surface area contributed by atoms with Gasteiger partial charge in [0, 0.05) is 0 Å². The van der Waals surface area contributed by atoms with Gasteiger partial charge in [-0.05, 0) is 18.2 Å². The molecule has 0 aromatic heterocycles. The SMILES string of the molecule is C=CC(=O)N[C@@H](CCS)C(=O)O. The lowest BCUT2D eigenvalue weighted by molar-refractivity contribution is -0.141. The van der Waals surface area contributed by atoms with Crippen LogP contribution < -0.4 is 5.32 Å². The van der Waals surface area contributed by atoms with Crippen LogP contribution in [0.2, 0.25) is 0 Å². The van der Waals surface area contributed by atoms with Gasteiger partial charge in [0.05, 0.1) is 0 Å². The van der Waals surface area contributed by atoms with Crippen molar-refractivity contribution >= 4 is 24.5 Å². The third-order valence-electron chi connectivity index (χ3n) is 1.22. The number of carboxylic acids is 1. The van der Waals surface area contributed by atoms with Crippen LogP contribution in [0.3, 0.4) is 0 Å². The first-order valence-electron chi connectivity index (χ1n) is 3.38. The molecule has 0 aliphatic rings. The van der Waals surface area contributed by atoms with Gasteiger partial charge in [-0.3, -0.25) is 4.79 Å². The number of nitrogens with one attached hydrogen (secondary N) is 1. The smallest absolute Gasteiger partial charge is 0.326 e. The molecule has 0 unspecified atom stereocenters. The lowest BCUT2D eigenvalue weighted by Crippen LogP contribution is -2.40. The van der Waals surface area contributed by atoms with Crippen LogP contribution in [0.25, 0.3) is 0 Å². The van der Waals surface area contributed by atoms with Gasteiger partial charge in [0.25, 0.3) is 0 Å². The van der Waals surface area contributed by atoms with Crippen molar-refractivity contribution in [2.24, 2.45) is 0 Å². The highest BCUT2D eigenvalue weighted by molar-refractivity contribution is 7.80. The second kappa shape index (κ2) is 5.65. The summed E-state index contributed by atoms with van der Waals surface area (Å²) in [5.74, 6) is -1.13. The topological polar surface area (TPSA) is 66.4 Å². The van der Waals surface area contributed by atoms with Gasteiger partial charge in [-0.15, -0.1) is 0 Å². The van der Waals surface area contributed by atoms with E-state index in [2.05, 4.69) is 24.5 Å². The Morgan fingerprint density at radius 1 is 1.67 bits per heavy atom. The van der Waals surface area contributed by atoms with E-state index in [9.17, 15) is 9.59 Å². The normalized spacial score (nSPS) is 11.8. The number of thiol groups is 1. The van der Waals surface area contributed by atoms with E-state index >= 15 is 0 Å². The number of carboxylic acid groups (broad SMARTS) is 1. The maximum atomic E-state index is 10.7. The van der Waals surface area contributed by atoms with Crippen molar-refractivity contribution in [3.05, 3.63) is 12.7 Å². The first-order chi connectivity index (χ1) is 5.61. The maximum Gasteiger partial charge on any atom is 0.326 e. The van der Waals surface area contributed by atoms with E-state index in [4.69, 9.17) is 5.11 Å². The Kier molecular flexibility index (Phi) is 5.19. The summed E-state index contributed by atoms with van der Waals surface area (Å²) in [4.78, 5) is 21.1. The number of carbonyl (C=O) groups is 2. The van der Waals surface area contributed by atoms with Gasteiger partial charge in [-0.1, -0.05) is 6.58 Å². The van der Waals surface area contributed by atoms with Crippen molar-refractivity contribution in [3.8, 4) is 0 Å². The third-order valence-corrected chi connectivity index (χ3v) is 1.48. The van der Waals surface area contributed by atoms with Gasteiger partial charge in [0.1, 0.15) is 6.04 Å². The Morgan fingerprint density at radius 3 is 2.58 bits per heavy atom. The average Bonchev–Trinajstić information content (AvgIpc) is 2.03. The molecule has 1 atom stereocenters. The number of aliphatic carboxylic acids is 1. The highest BCUT2D eigenvalue weighted by Gasteiger charge is 2.16. The van der Waals surface area contributed by atoms with Crippen molar-refractivity contribution in [1.82, 2.24) is 5.32 Å². The van der Waals surface area contributed by atoms with E-state index in [0.717, 1.165) is 6.08 Å². The van der Waals surface area contributed by atoms with E-state index < -0.39 is 17.9 Å². The number of hydrogen-bond acceptors (Lipinski definition) is 3. The zero-order chi connectivity index (χ0) is 9.56. The molecule has 1 amide bonds. The molecule has 0 saturated heterocycles. The van der Waals surface area contributed by atoms with Crippen LogP contribution in [0, 0.1) is 0 Å². The van der Waals surface area contributed by atoms with Crippen LogP contribution in [0.5, 0.6) is 0 Å². The first kappa shape index (κ1) is 11.0. The van der Waals surface area contributed by atoms with Crippen LogP contribution in [-0.4, -0.2) is 28.8 Å². The molecule has 0 bridgehead atoms. The maximum absolute atomic E-state index is 10.7. The highest BCUT2D eigenvalue weighted by Crippen LogP contribution is 1.94. The largest absolute Gasteiger partial charge is 0.480 e. The summed E-state index contributed by atoms with van der Waals surface area (Å²) in [6.07, 6.45) is 1.34. The van der Waals surface area contributed by atoms with Crippen LogP contribution in [-0.2, 0) is 9.59 Å². The van der Waals surface area contributed by atoms with E-state index in [1.54, 1.807) is 0 Å². The Labute approximate surface area is 76.1 Å². The van der Waals surface area contributed by atoms with Crippen LogP contribution in [0.4, 0.5) is 0 Å². The standard InChI is InChI=1S/C7H11NO3S/c1-2-6(9)8-5(3-4-12)7(10)11/h2,5,12H,1,3-4H2,(H,8,9)(H,10,11)/t5-/m0/s1. The van der Waals surface area contributed by atoms with Crippen LogP contribution in [0.1, 0.15) is 6.42 Å². The number of rotatable bonds is 5. The summed E-state index contributed by atoms with van der Waals surface area (Å²) in [7, 11) is 0. The van der Waals surface area contributed by atoms with Crippen molar-refractivity contribution in [3.63, 3.8) is 0 Å². The minimum atomic E-state index is -1.06. The molecule has 0 aliphatic carbocycles. The van der Waals surface area contributed by atoms with Gasteiger partial charge >= 0.3 is 5.97 Å². The fourth-order valence-corrected chi connectivity index (χ4v) is 0.875. The molecule has 5 heteroatoms. The molecule has 0 aliphatic heterocycles. The molecule has 0 aromatic rings. The predicted octanol–water partition coefficient (Wildman–Crippen LogP) is 0.0617. The molecule has 0 rings (SSSR count). The van der Waals surface area contributed by atoms with Crippen molar-refractivity contribution in [2.45, 2.75) is 12.5 Å². The predicted molar refractivity (Wildman–Crippen MR) is 48.2 cm³/mol. The summed E-state index contributed by atoms with van der Waals surface area (Å²) in [5, 5.41) is 10.8. The van der Waals surface area contributed by atoms with Crippen molar-refractivity contribution in [2.75, 3.05) is 5.75 Å². The number of amides is 1. The van der Waals surface area contributed by atoms with Gasteiger partial charge in [-0.25, -0.2) is 4.79 Å². The minimum Gasteiger partial charge on any atom is -0.480 e. The zero-order valence-corrected chi connectivity index (χ0v) is 7.38. The Balaban J connectivity index is 4.03. The van der Waals surface area contributed by atoms with E-state index in [1.807, 2.05) is 0 Å². The molecule has 0 heterocycles. The second-order valence-electron chi connectivity index (χ2n) is 2.12. The summed E-state index contributed by atoms with van der Waals surface area (Å²) in [6, 6.07) is -0.868. The summed E-state index contributed by atoms with van der Waals surface area (Å²) >= 11 is 3.87.